The highest BCUT2D eigenvalue weighted by Gasteiger charge is 2.54. The van der Waals surface area contributed by atoms with Gasteiger partial charge in [-0.05, 0) is 94.1 Å². The number of alkyl halides is 2. The molecule has 1 aromatic carbocycles. The quantitative estimate of drug-likeness (QED) is 0.177. The van der Waals surface area contributed by atoms with Gasteiger partial charge in [0.25, 0.3) is 6.43 Å². The SMILES string of the molecule is CS(=O)c1nc(CCC2CC23CCC(OCCCOC2CCCCO2)CC3)cc(-n2c(C(F)F)nc3ccccc32)n1. The monoisotopic (exact) mass is 602 g/mol. The van der Waals surface area contributed by atoms with Crippen molar-refractivity contribution in [1.82, 2.24) is 19.5 Å². The average Bonchev–Trinajstić information content (AvgIpc) is 3.51. The van der Waals surface area contributed by atoms with Crippen LogP contribution in [0.5, 0.6) is 0 Å². The van der Waals surface area contributed by atoms with Crippen molar-refractivity contribution in [3.63, 3.8) is 0 Å². The number of rotatable bonds is 12. The summed E-state index contributed by atoms with van der Waals surface area (Å²) in [5, 5.41) is 0.153. The molecule has 3 atom stereocenters. The molecule has 0 amide bonds. The lowest BCUT2D eigenvalue weighted by Gasteiger charge is -2.30. The summed E-state index contributed by atoms with van der Waals surface area (Å²) in [6, 6.07) is 8.74. The predicted octanol–water partition coefficient (Wildman–Crippen LogP) is 6.32. The van der Waals surface area contributed by atoms with Gasteiger partial charge in [0, 0.05) is 31.2 Å². The number of imidazole rings is 1. The van der Waals surface area contributed by atoms with Crippen LogP contribution in [0.25, 0.3) is 16.9 Å². The fraction of sp³-hybridized carbons (Fsp3) is 0.645. The zero-order valence-corrected chi connectivity index (χ0v) is 25.0. The maximum absolute atomic E-state index is 14.0. The average molecular weight is 603 g/mol. The Kier molecular flexibility index (Phi) is 9.28. The Morgan fingerprint density at radius 3 is 2.67 bits per heavy atom. The number of ether oxygens (including phenoxy) is 3. The molecule has 3 heterocycles. The zero-order valence-electron chi connectivity index (χ0n) is 24.2. The summed E-state index contributed by atoms with van der Waals surface area (Å²) in [4.78, 5) is 13.1. The van der Waals surface area contributed by atoms with Crippen molar-refractivity contribution in [1.29, 1.82) is 0 Å². The first-order chi connectivity index (χ1) is 20.4. The van der Waals surface area contributed by atoms with Crippen molar-refractivity contribution in [2.24, 2.45) is 11.3 Å². The van der Waals surface area contributed by atoms with Crippen LogP contribution >= 0.6 is 0 Å². The molecule has 2 aromatic heterocycles. The van der Waals surface area contributed by atoms with E-state index >= 15 is 0 Å². The maximum atomic E-state index is 14.0. The van der Waals surface area contributed by atoms with Gasteiger partial charge in [0.15, 0.2) is 12.1 Å². The molecule has 8 nitrogen and oxygen atoms in total. The highest BCUT2D eigenvalue weighted by atomic mass is 32.2. The van der Waals surface area contributed by atoms with Crippen LogP contribution in [0.1, 0.15) is 82.2 Å². The van der Waals surface area contributed by atoms with Crippen molar-refractivity contribution in [2.45, 2.75) is 94.6 Å². The van der Waals surface area contributed by atoms with Crippen LogP contribution in [0.15, 0.2) is 35.5 Å². The summed E-state index contributed by atoms with van der Waals surface area (Å²) in [6.07, 6.45) is 10.6. The number of para-hydroxylation sites is 2. The van der Waals surface area contributed by atoms with Crippen LogP contribution in [0.4, 0.5) is 8.78 Å². The molecule has 11 heteroatoms. The Labute approximate surface area is 248 Å². The molecule has 3 unspecified atom stereocenters. The summed E-state index contributed by atoms with van der Waals surface area (Å²) >= 11 is 0. The van der Waals surface area contributed by atoms with Crippen molar-refractivity contribution < 1.29 is 27.2 Å². The minimum atomic E-state index is -2.78. The lowest BCUT2D eigenvalue weighted by molar-refractivity contribution is -0.164. The van der Waals surface area contributed by atoms with Crippen molar-refractivity contribution >= 4 is 21.8 Å². The molecule has 1 spiro atoms. The predicted molar refractivity (Wildman–Crippen MR) is 155 cm³/mol. The van der Waals surface area contributed by atoms with Crippen LogP contribution in [0.2, 0.25) is 0 Å². The number of benzene rings is 1. The van der Waals surface area contributed by atoms with Gasteiger partial charge in [-0.3, -0.25) is 8.78 Å². The molecule has 0 bridgehead atoms. The van der Waals surface area contributed by atoms with E-state index < -0.39 is 17.2 Å². The number of nitrogens with zero attached hydrogens (tertiary/aromatic N) is 4. The van der Waals surface area contributed by atoms with Crippen LogP contribution in [-0.2, 0) is 31.4 Å². The van der Waals surface area contributed by atoms with Gasteiger partial charge in [-0.2, -0.15) is 0 Å². The maximum Gasteiger partial charge on any atom is 0.296 e. The first-order valence-corrected chi connectivity index (χ1v) is 16.8. The zero-order chi connectivity index (χ0) is 29.1. The second kappa shape index (κ2) is 13.1. The van der Waals surface area contributed by atoms with Gasteiger partial charge >= 0.3 is 0 Å². The van der Waals surface area contributed by atoms with Crippen LogP contribution in [0.3, 0.4) is 0 Å². The van der Waals surface area contributed by atoms with Gasteiger partial charge in [0.05, 0.1) is 34.5 Å². The van der Waals surface area contributed by atoms with Gasteiger partial charge in [0.1, 0.15) is 5.82 Å². The molecule has 6 rings (SSSR count). The molecule has 42 heavy (non-hydrogen) atoms. The van der Waals surface area contributed by atoms with Gasteiger partial charge in [-0.15, -0.1) is 0 Å². The van der Waals surface area contributed by atoms with Crippen molar-refractivity contribution in [2.75, 3.05) is 26.1 Å². The van der Waals surface area contributed by atoms with E-state index in [4.69, 9.17) is 14.2 Å². The molecule has 1 aliphatic heterocycles. The van der Waals surface area contributed by atoms with Gasteiger partial charge < -0.3 is 14.2 Å². The molecule has 2 saturated carbocycles. The number of aromatic nitrogens is 4. The first-order valence-electron chi connectivity index (χ1n) is 15.2. The summed E-state index contributed by atoms with van der Waals surface area (Å²) in [6.45, 7) is 2.21. The second-order valence-corrected chi connectivity index (χ2v) is 13.2. The number of fused-ring (bicyclic) bond motifs is 1. The Morgan fingerprint density at radius 1 is 1.10 bits per heavy atom. The third-order valence-corrected chi connectivity index (χ3v) is 9.83. The van der Waals surface area contributed by atoms with E-state index in [9.17, 15) is 13.0 Å². The number of hydrogen-bond donors (Lipinski definition) is 0. The molecule has 0 radical (unpaired) electrons. The molecular formula is C31H40F2N4O4S. The van der Waals surface area contributed by atoms with E-state index in [2.05, 4.69) is 15.0 Å². The Balaban J connectivity index is 1.03. The van der Waals surface area contributed by atoms with Crippen LogP contribution in [-0.4, -0.2) is 62.2 Å². The fourth-order valence-electron chi connectivity index (χ4n) is 6.74. The highest BCUT2D eigenvalue weighted by Crippen LogP contribution is 2.63. The van der Waals surface area contributed by atoms with Gasteiger partial charge in [-0.1, -0.05) is 12.1 Å². The summed E-state index contributed by atoms with van der Waals surface area (Å²) in [5.74, 6) is 0.524. The molecule has 0 N–H and O–H groups in total. The van der Waals surface area contributed by atoms with E-state index in [1.165, 1.54) is 36.5 Å². The normalized spacial score (nSPS) is 26.7. The van der Waals surface area contributed by atoms with E-state index in [1.54, 1.807) is 30.3 Å². The molecule has 3 fully saturated rings. The minimum absolute atomic E-state index is 0.0365. The fourth-order valence-corrected chi connectivity index (χ4v) is 7.20. The van der Waals surface area contributed by atoms with E-state index in [0.29, 0.717) is 41.5 Å². The molecule has 2 aliphatic carbocycles. The van der Waals surface area contributed by atoms with E-state index in [1.807, 2.05) is 0 Å². The van der Waals surface area contributed by atoms with Crippen molar-refractivity contribution in [3.8, 4) is 5.82 Å². The lowest BCUT2D eigenvalue weighted by Crippen LogP contribution is -2.25. The van der Waals surface area contributed by atoms with Crippen LogP contribution < -0.4 is 0 Å². The number of halogens is 2. The topological polar surface area (TPSA) is 88.4 Å². The summed E-state index contributed by atoms with van der Waals surface area (Å²) in [7, 11) is -1.45. The smallest absolute Gasteiger partial charge is 0.296 e. The largest absolute Gasteiger partial charge is 0.378 e. The standard InChI is InChI=1S/C31H40F2N4O4S/c1-42(38)30-34-22(19-26(36-30)37-25-8-3-2-7-24(25)35-29(37)28(32)33)11-10-21-20-31(21)14-12-23(13-15-31)39-17-6-18-41-27-9-4-5-16-40-27/h2-3,7-8,19,21,23,27-28H,4-6,9-18,20H2,1H3. The van der Waals surface area contributed by atoms with Crippen LogP contribution in [0, 0.1) is 11.3 Å². The second-order valence-electron chi connectivity index (χ2n) is 11.9. The van der Waals surface area contributed by atoms with Gasteiger partial charge in [-0.25, -0.2) is 23.7 Å². The lowest BCUT2D eigenvalue weighted by atomic mass is 9.82. The first kappa shape index (κ1) is 29.7. The Hall–Kier alpha value is -2.34. The molecule has 3 aromatic rings. The third-order valence-electron chi connectivity index (χ3n) is 9.13. The minimum Gasteiger partial charge on any atom is -0.378 e. The van der Waals surface area contributed by atoms with E-state index in [0.717, 1.165) is 57.4 Å². The number of hydrogen-bond acceptors (Lipinski definition) is 7. The molecule has 3 aliphatic rings. The highest BCUT2D eigenvalue weighted by molar-refractivity contribution is 7.84. The summed E-state index contributed by atoms with van der Waals surface area (Å²) in [5.41, 5.74) is 2.12. The Morgan fingerprint density at radius 2 is 1.90 bits per heavy atom. The summed E-state index contributed by atoms with van der Waals surface area (Å²) < 4.78 is 59.3. The van der Waals surface area contributed by atoms with E-state index in [-0.39, 0.29) is 23.1 Å². The number of aryl methyl sites for hydroxylation is 1. The van der Waals surface area contributed by atoms with Crippen molar-refractivity contribution in [3.05, 3.63) is 41.9 Å². The van der Waals surface area contributed by atoms with Gasteiger partial charge in [0.2, 0.25) is 5.16 Å². The molecule has 228 valence electrons. The third kappa shape index (κ3) is 6.74. The Bertz CT molecular complexity index is 1390. The molecular weight excluding hydrogens is 562 g/mol. The molecule has 1 saturated heterocycles.